The number of thioether (sulfide) groups is 1. The molecule has 9 heteroatoms. The molecule has 7 nitrogen and oxygen atoms in total. The van der Waals surface area contributed by atoms with Gasteiger partial charge in [-0.2, -0.15) is 0 Å². The third-order valence-electron chi connectivity index (χ3n) is 4.53. The Balaban J connectivity index is 1.36. The Morgan fingerprint density at radius 2 is 1.87 bits per heavy atom. The van der Waals surface area contributed by atoms with Crippen molar-refractivity contribution in [3.8, 4) is 22.7 Å². The molecular weight excluding hydrogens is 418 g/mol. The van der Waals surface area contributed by atoms with Gasteiger partial charge in [-0.3, -0.25) is 9.78 Å². The lowest BCUT2D eigenvalue weighted by molar-refractivity contribution is -0.113. The molecule has 0 aliphatic rings. The Hall–Kier alpha value is -3.04. The highest BCUT2D eigenvalue weighted by Gasteiger charge is 2.14. The first-order valence-electron chi connectivity index (χ1n) is 9.20. The predicted octanol–water partition coefficient (Wildman–Crippen LogP) is 4.91. The van der Waals surface area contributed by atoms with Crippen LogP contribution in [0.25, 0.3) is 22.7 Å². The maximum absolute atomic E-state index is 12.3. The maximum atomic E-state index is 12.3. The first kappa shape index (κ1) is 20.2. The van der Waals surface area contributed by atoms with E-state index in [4.69, 9.17) is 4.42 Å². The molecule has 1 amide bonds. The van der Waals surface area contributed by atoms with Crippen LogP contribution in [0.3, 0.4) is 0 Å². The summed E-state index contributed by atoms with van der Waals surface area (Å²) in [6.45, 7) is 6.25. The largest absolute Gasteiger partial charge is 0.411 e. The quantitative estimate of drug-likeness (QED) is 0.428. The Morgan fingerprint density at radius 3 is 2.67 bits per heavy atom. The molecule has 0 unspecified atom stereocenters. The highest BCUT2D eigenvalue weighted by atomic mass is 32.2. The van der Waals surface area contributed by atoms with Gasteiger partial charge in [-0.15, -0.1) is 21.5 Å². The van der Waals surface area contributed by atoms with E-state index in [-0.39, 0.29) is 11.7 Å². The van der Waals surface area contributed by atoms with Crippen molar-refractivity contribution in [3.05, 3.63) is 58.7 Å². The Labute approximate surface area is 182 Å². The lowest BCUT2D eigenvalue weighted by Crippen LogP contribution is -2.13. The van der Waals surface area contributed by atoms with Gasteiger partial charge in [0.1, 0.15) is 0 Å². The molecule has 3 aromatic heterocycles. The van der Waals surface area contributed by atoms with E-state index in [1.165, 1.54) is 39.8 Å². The number of hydrogen-bond acceptors (Lipinski definition) is 8. The third kappa shape index (κ3) is 4.58. The summed E-state index contributed by atoms with van der Waals surface area (Å²) in [5.74, 6) is 0.366. The topological polar surface area (TPSA) is 93.8 Å². The van der Waals surface area contributed by atoms with Gasteiger partial charge >= 0.3 is 0 Å². The summed E-state index contributed by atoms with van der Waals surface area (Å²) in [7, 11) is 0. The summed E-state index contributed by atoms with van der Waals surface area (Å²) in [4.78, 5) is 20.8. The number of anilines is 1. The number of pyridine rings is 1. The number of hydrogen-bond donors (Lipinski definition) is 1. The van der Waals surface area contributed by atoms with Gasteiger partial charge in [0.05, 0.1) is 11.4 Å². The molecule has 1 aromatic carbocycles. The lowest BCUT2D eigenvalue weighted by atomic mass is 9.99. The molecule has 0 spiro atoms. The van der Waals surface area contributed by atoms with Crippen molar-refractivity contribution in [1.82, 2.24) is 20.2 Å². The zero-order valence-corrected chi connectivity index (χ0v) is 18.3. The molecule has 0 bridgehead atoms. The summed E-state index contributed by atoms with van der Waals surface area (Å²) in [6.07, 6.45) is 3.31. The summed E-state index contributed by atoms with van der Waals surface area (Å²) in [6, 6.07) is 7.86. The monoisotopic (exact) mass is 437 g/mol. The van der Waals surface area contributed by atoms with Crippen LogP contribution in [0.1, 0.15) is 16.7 Å². The van der Waals surface area contributed by atoms with E-state index in [2.05, 4.69) is 58.4 Å². The highest BCUT2D eigenvalue weighted by molar-refractivity contribution is 7.99. The standard InChI is InChI=1S/C21H19N5O2S2/c1-12-8-14(3)16(9-13(12)2)17-10-29-20(23-17)24-18(27)11-30-21-26-25-19(28-21)15-4-6-22-7-5-15/h4-10H,11H2,1-3H3,(H,23,24,27). The van der Waals surface area contributed by atoms with E-state index in [1.54, 1.807) is 24.5 Å². The average molecular weight is 438 g/mol. The van der Waals surface area contributed by atoms with Gasteiger partial charge in [-0.25, -0.2) is 4.98 Å². The number of thiazole rings is 1. The first-order valence-corrected chi connectivity index (χ1v) is 11.1. The van der Waals surface area contributed by atoms with E-state index in [1.807, 2.05) is 5.38 Å². The molecule has 1 N–H and O–H groups in total. The van der Waals surface area contributed by atoms with Crippen LogP contribution < -0.4 is 5.32 Å². The molecule has 0 aliphatic carbocycles. The molecule has 30 heavy (non-hydrogen) atoms. The fraction of sp³-hybridized carbons (Fsp3) is 0.190. The number of nitrogens with one attached hydrogen (secondary N) is 1. The summed E-state index contributed by atoms with van der Waals surface area (Å²) in [5, 5.41) is 13.7. The fourth-order valence-corrected chi connectivity index (χ4v) is 4.14. The second kappa shape index (κ2) is 8.76. The normalized spacial score (nSPS) is 10.9. The Morgan fingerprint density at radius 1 is 1.10 bits per heavy atom. The van der Waals surface area contributed by atoms with Crippen molar-refractivity contribution in [1.29, 1.82) is 0 Å². The number of benzene rings is 1. The highest BCUT2D eigenvalue weighted by Crippen LogP contribution is 2.30. The molecule has 0 aliphatic heterocycles. The Bertz CT molecular complexity index is 1190. The number of aromatic nitrogens is 4. The minimum Gasteiger partial charge on any atom is -0.411 e. The number of carbonyl (C=O) groups excluding carboxylic acids is 1. The molecule has 0 atom stereocenters. The molecule has 4 rings (SSSR count). The summed E-state index contributed by atoms with van der Waals surface area (Å²) < 4.78 is 5.59. The van der Waals surface area contributed by atoms with Gasteiger partial charge in [0, 0.05) is 28.9 Å². The number of amides is 1. The molecule has 152 valence electrons. The van der Waals surface area contributed by atoms with Crippen LogP contribution in [0.2, 0.25) is 0 Å². The summed E-state index contributed by atoms with van der Waals surface area (Å²) in [5.41, 5.74) is 6.37. The van der Waals surface area contributed by atoms with E-state index in [0.717, 1.165) is 16.8 Å². The molecule has 0 fully saturated rings. The lowest BCUT2D eigenvalue weighted by Gasteiger charge is -2.07. The third-order valence-corrected chi connectivity index (χ3v) is 6.10. The van der Waals surface area contributed by atoms with Crippen LogP contribution in [0.15, 0.2) is 51.7 Å². The zero-order chi connectivity index (χ0) is 21.1. The molecule has 4 aromatic rings. The Kier molecular flexibility index (Phi) is 5.91. The van der Waals surface area contributed by atoms with Crippen molar-refractivity contribution in [2.75, 3.05) is 11.1 Å². The van der Waals surface area contributed by atoms with Crippen molar-refractivity contribution >= 4 is 34.1 Å². The maximum Gasteiger partial charge on any atom is 0.277 e. The van der Waals surface area contributed by atoms with Gasteiger partial charge in [0.25, 0.3) is 5.22 Å². The van der Waals surface area contributed by atoms with Gasteiger partial charge < -0.3 is 9.73 Å². The van der Waals surface area contributed by atoms with Crippen LogP contribution in [0, 0.1) is 20.8 Å². The molecular formula is C21H19N5O2S2. The van der Waals surface area contributed by atoms with Gasteiger partial charge in [0.15, 0.2) is 5.13 Å². The molecule has 0 saturated carbocycles. The second-order valence-corrected chi connectivity index (χ2v) is 8.52. The zero-order valence-electron chi connectivity index (χ0n) is 16.7. The predicted molar refractivity (Wildman–Crippen MR) is 119 cm³/mol. The van der Waals surface area contributed by atoms with Crippen LogP contribution in [-0.2, 0) is 4.79 Å². The van der Waals surface area contributed by atoms with Crippen molar-refractivity contribution in [3.63, 3.8) is 0 Å². The minimum atomic E-state index is -0.179. The molecule has 0 radical (unpaired) electrons. The summed E-state index contributed by atoms with van der Waals surface area (Å²) >= 11 is 2.59. The number of rotatable bonds is 6. The van der Waals surface area contributed by atoms with E-state index in [9.17, 15) is 4.79 Å². The van der Waals surface area contributed by atoms with Gasteiger partial charge in [0.2, 0.25) is 11.8 Å². The number of carbonyl (C=O) groups is 1. The van der Waals surface area contributed by atoms with Crippen LogP contribution in [0.4, 0.5) is 5.13 Å². The van der Waals surface area contributed by atoms with E-state index in [0.29, 0.717) is 16.2 Å². The molecule has 0 saturated heterocycles. The van der Waals surface area contributed by atoms with E-state index < -0.39 is 0 Å². The van der Waals surface area contributed by atoms with Crippen molar-refractivity contribution in [2.45, 2.75) is 26.0 Å². The van der Waals surface area contributed by atoms with Crippen LogP contribution in [0.5, 0.6) is 0 Å². The average Bonchev–Trinajstić information content (AvgIpc) is 3.40. The second-order valence-electron chi connectivity index (χ2n) is 6.74. The molecule has 3 heterocycles. The van der Waals surface area contributed by atoms with Crippen molar-refractivity contribution in [2.24, 2.45) is 0 Å². The van der Waals surface area contributed by atoms with E-state index >= 15 is 0 Å². The smallest absolute Gasteiger partial charge is 0.277 e. The van der Waals surface area contributed by atoms with Crippen LogP contribution >= 0.6 is 23.1 Å². The number of aryl methyl sites for hydroxylation is 3. The first-order chi connectivity index (χ1) is 14.5. The fourth-order valence-electron chi connectivity index (χ4n) is 2.85. The van der Waals surface area contributed by atoms with Crippen LogP contribution in [-0.4, -0.2) is 31.8 Å². The number of nitrogens with zero attached hydrogens (tertiary/aromatic N) is 4. The van der Waals surface area contributed by atoms with Crippen molar-refractivity contribution < 1.29 is 9.21 Å². The van der Waals surface area contributed by atoms with Gasteiger partial charge in [-0.05, 0) is 55.7 Å². The minimum absolute atomic E-state index is 0.148. The van der Waals surface area contributed by atoms with Gasteiger partial charge in [-0.1, -0.05) is 17.8 Å². The SMILES string of the molecule is Cc1cc(C)c(-c2csc(NC(=O)CSc3nnc(-c4ccncc4)o3)n2)cc1C.